The molecule has 7 heteroatoms. The van der Waals surface area contributed by atoms with Gasteiger partial charge in [-0.15, -0.1) is 0 Å². The van der Waals surface area contributed by atoms with Gasteiger partial charge in [-0.3, -0.25) is 9.59 Å². The van der Waals surface area contributed by atoms with Gasteiger partial charge in [-0.2, -0.15) is 0 Å². The number of hydrogen-bond donors (Lipinski definition) is 2. The lowest BCUT2D eigenvalue weighted by molar-refractivity contribution is -0.123. The molecular weight excluding hydrogens is 356 g/mol. The van der Waals surface area contributed by atoms with Gasteiger partial charge >= 0.3 is 0 Å². The molecule has 1 fully saturated rings. The van der Waals surface area contributed by atoms with E-state index in [1.54, 1.807) is 19.1 Å². The Morgan fingerprint density at radius 2 is 2.11 bits per heavy atom. The van der Waals surface area contributed by atoms with E-state index in [0.29, 0.717) is 24.1 Å². The van der Waals surface area contributed by atoms with E-state index in [1.165, 1.54) is 0 Å². The molecule has 1 saturated heterocycles. The Bertz CT molecular complexity index is 910. The standard InChI is InChI=1S/C21H24N4O3/c1-21(20(22)27)12-18(24-17-6-5-15(13-26)23-19(17)21)14-3-2-4-16(11-14)25-7-9-28-10-8-25/h2-6,11,13,18,24H,7-10,12H2,1H3,(H2,22,27). The van der Waals surface area contributed by atoms with Crippen molar-refractivity contribution in [1.29, 1.82) is 0 Å². The molecule has 2 atom stereocenters. The SMILES string of the molecule is CC1(C(N)=O)CC(c2cccc(N3CCOCC3)c2)Nc2ccc(C=O)nc21. The number of nitrogens with two attached hydrogens (primary N) is 1. The van der Waals surface area contributed by atoms with E-state index in [2.05, 4.69) is 33.4 Å². The summed E-state index contributed by atoms with van der Waals surface area (Å²) in [6.45, 7) is 4.98. The number of aldehydes is 1. The number of aromatic nitrogens is 1. The van der Waals surface area contributed by atoms with Crippen molar-refractivity contribution < 1.29 is 14.3 Å². The van der Waals surface area contributed by atoms with Gasteiger partial charge in [-0.25, -0.2) is 4.98 Å². The molecule has 28 heavy (non-hydrogen) atoms. The maximum Gasteiger partial charge on any atom is 0.229 e. The van der Waals surface area contributed by atoms with E-state index >= 15 is 0 Å². The van der Waals surface area contributed by atoms with E-state index < -0.39 is 11.3 Å². The topological polar surface area (TPSA) is 97.5 Å². The van der Waals surface area contributed by atoms with Crippen LogP contribution in [-0.2, 0) is 14.9 Å². The second kappa shape index (κ2) is 7.24. The van der Waals surface area contributed by atoms with Crippen LogP contribution >= 0.6 is 0 Å². The van der Waals surface area contributed by atoms with Crippen LogP contribution in [0.1, 0.15) is 41.1 Å². The normalized spacial score (nSPS) is 24.2. The molecule has 0 bridgehead atoms. The highest BCUT2D eigenvalue weighted by Crippen LogP contribution is 2.43. The van der Waals surface area contributed by atoms with Crippen molar-refractivity contribution in [2.45, 2.75) is 24.8 Å². The van der Waals surface area contributed by atoms with Crippen molar-refractivity contribution in [2.24, 2.45) is 5.73 Å². The van der Waals surface area contributed by atoms with Crippen LogP contribution in [0.5, 0.6) is 0 Å². The molecule has 3 heterocycles. The van der Waals surface area contributed by atoms with Gasteiger partial charge in [0.1, 0.15) is 5.69 Å². The number of pyridine rings is 1. The number of anilines is 2. The lowest BCUT2D eigenvalue weighted by atomic mass is 9.74. The summed E-state index contributed by atoms with van der Waals surface area (Å²) in [5.41, 5.74) is 8.61. The van der Waals surface area contributed by atoms with Gasteiger partial charge in [-0.05, 0) is 43.2 Å². The lowest BCUT2D eigenvalue weighted by Gasteiger charge is -2.38. The van der Waals surface area contributed by atoms with E-state index in [4.69, 9.17) is 10.5 Å². The first-order valence-corrected chi connectivity index (χ1v) is 9.47. The summed E-state index contributed by atoms with van der Waals surface area (Å²) in [5, 5.41) is 3.48. The number of ether oxygens (including phenoxy) is 1. The van der Waals surface area contributed by atoms with Crippen LogP contribution in [0.25, 0.3) is 0 Å². The maximum atomic E-state index is 12.4. The summed E-state index contributed by atoms with van der Waals surface area (Å²) in [6.07, 6.45) is 1.15. The summed E-state index contributed by atoms with van der Waals surface area (Å²) in [4.78, 5) is 30.2. The highest BCUT2D eigenvalue weighted by molar-refractivity contribution is 5.89. The van der Waals surface area contributed by atoms with Crippen LogP contribution in [0.15, 0.2) is 36.4 Å². The third-order valence-electron chi connectivity index (χ3n) is 5.69. The quantitative estimate of drug-likeness (QED) is 0.788. The number of amides is 1. The predicted molar refractivity (Wildman–Crippen MR) is 107 cm³/mol. The molecule has 1 aromatic carbocycles. The zero-order valence-corrected chi connectivity index (χ0v) is 15.9. The van der Waals surface area contributed by atoms with Crippen LogP contribution in [0, 0.1) is 0 Å². The highest BCUT2D eigenvalue weighted by atomic mass is 16.5. The summed E-state index contributed by atoms with van der Waals surface area (Å²) in [7, 11) is 0. The molecule has 0 spiro atoms. The average Bonchev–Trinajstić information content (AvgIpc) is 2.74. The molecular formula is C21H24N4O3. The molecule has 0 aliphatic carbocycles. The Balaban J connectivity index is 1.70. The first kappa shape index (κ1) is 18.4. The van der Waals surface area contributed by atoms with Gasteiger partial charge < -0.3 is 20.7 Å². The Morgan fingerprint density at radius 3 is 2.82 bits per heavy atom. The van der Waals surface area contributed by atoms with Gasteiger partial charge in [0.05, 0.1) is 36.1 Å². The van der Waals surface area contributed by atoms with Gasteiger partial charge in [0, 0.05) is 18.8 Å². The van der Waals surface area contributed by atoms with Crippen molar-refractivity contribution in [1.82, 2.24) is 4.98 Å². The number of nitrogens with one attached hydrogen (secondary N) is 1. The maximum absolute atomic E-state index is 12.4. The highest BCUT2D eigenvalue weighted by Gasteiger charge is 2.43. The molecule has 146 valence electrons. The second-order valence-electron chi connectivity index (χ2n) is 7.54. The molecule has 2 aromatic rings. The van der Waals surface area contributed by atoms with Crippen molar-refractivity contribution in [3.05, 3.63) is 53.3 Å². The smallest absolute Gasteiger partial charge is 0.229 e. The second-order valence-corrected chi connectivity index (χ2v) is 7.54. The van der Waals surface area contributed by atoms with Gasteiger partial charge in [0.15, 0.2) is 6.29 Å². The molecule has 1 aromatic heterocycles. The molecule has 0 saturated carbocycles. The number of benzene rings is 1. The molecule has 1 amide bonds. The van der Waals surface area contributed by atoms with Crippen molar-refractivity contribution >= 4 is 23.6 Å². The van der Waals surface area contributed by atoms with E-state index in [1.807, 2.05) is 6.07 Å². The monoisotopic (exact) mass is 380 g/mol. The van der Waals surface area contributed by atoms with Crippen LogP contribution < -0.4 is 16.0 Å². The Kier molecular flexibility index (Phi) is 4.77. The number of fused-ring (bicyclic) bond motifs is 1. The van der Waals surface area contributed by atoms with Gasteiger partial charge in [-0.1, -0.05) is 12.1 Å². The number of carbonyl (C=O) groups is 2. The number of hydrogen-bond acceptors (Lipinski definition) is 6. The fraction of sp³-hybridized carbons (Fsp3) is 0.381. The minimum atomic E-state index is -0.959. The van der Waals surface area contributed by atoms with Crippen molar-refractivity contribution in [3.8, 4) is 0 Å². The minimum Gasteiger partial charge on any atom is -0.378 e. The van der Waals surface area contributed by atoms with Crippen LogP contribution in [0.4, 0.5) is 11.4 Å². The van der Waals surface area contributed by atoms with Gasteiger partial charge in [0.2, 0.25) is 5.91 Å². The number of rotatable bonds is 4. The molecule has 0 radical (unpaired) electrons. The largest absolute Gasteiger partial charge is 0.378 e. The van der Waals surface area contributed by atoms with Crippen LogP contribution in [-0.4, -0.2) is 43.5 Å². The molecule has 4 rings (SSSR count). The van der Waals surface area contributed by atoms with E-state index in [9.17, 15) is 9.59 Å². The number of morpholine rings is 1. The lowest BCUT2D eigenvalue weighted by Crippen LogP contribution is -2.45. The Labute approximate surface area is 163 Å². The number of nitrogens with zero attached hydrogens (tertiary/aromatic N) is 2. The zero-order chi connectivity index (χ0) is 19.7. The third-order valence-corrected chi connectivity index (χ3v) is 5.69. The molecule has 3 N–H and O–H groups in total. The summed E-state index contributed by atoms with van der Waals surface area (Å²) in [6, 6.07) is 11.7. The van der Waals surface area contributed by atoms with E-state index in [-0.39, 0.29) is 6.04 Å². The Hall–Kier alpha value is -2.93. The van der Waals surface area contributed by atoms with E-state index in [0.717, 1.165) is 43.2 Å². The molecule has 2 unspecified atom stereocenters. The fourth-order valence-corrected chi connectivity index (χ4v) is 4.00. The molecule has 7 nitrogen and oxygen atoms in total. The zero-order valence-electron chi connectivity index (χ0n) is 15.9. The average molecular weight is 380 g/mol. The molecule has 2 aliphatic rings. The van der Waals surface area contributed by atoms with Crippen LogP contribution in [0.2, 0.25) is 0 Å². The van der Waals surface area contributed by atoms with Crippen molar-refractivity contribution in [2.75, 3.05) is 36.5 Å². The van der Waals surface area contributed by atoms with Crippen LogP contribution in [0.3, 0.4) is 0 Å². The number of carbonyl (C=O) groups excluding carboxylic acids is 2. The first-order chi connectivity index (χ1) is 13.5. The summed E-state index contributed by atoms with van der Waals surface area (Å²) in [5.74, 6) is -0.444. The summed E-state index contributed by atoms with van der Waals surface area (Å²) >= 11 is 0. The Morgan fingerprint density at radius 1 is 1.32 bits per heavy atom. The summed E-state index contributed by atoms with van der Waals surface area (Å²) < 4.78 is 5.44. The third kappa shape index (κ3) is 3.22. The number of primary amides is 1. The minimum absolute atomic E-state index is 0.0881. The van der Waals surface area contributed by atoms with Crippen molar-refractivity contribution in [3.63, 3.8) is 0 Å². The fourth-order valence-electron chi connectivity index (χ4n) is 4.00. The van der Waals surface area contributed by atoms with Gasteiger partial charge in [0.25, 0.3) is 0 Å². The predicted octanol–water partition coefficient (Wildman–Crippen LogP) is 2.03. The first-order valence-electron chi connectivity index (χ1n) is 9.47. The molecule has 2 aliphatic heterocycles.